The minimum absolute atomic E-state index is 0.0617. The fourth-order valence-electron chi connectivity index (χ4n) is 3.66. The van der Waals surface area contributed by atoms with Gasteiger partial charge < -0.3 is 0 Å². The maximum Gasteiger partial charge on any atom is 0.414 e. The summed E-state index contributed by atoms with van der Waals surface area (Å²) in [7, 11) is -4.30. The number of hydrogen-bond donors (Lipinski definition) is 1. The van der Waals surface area contributed by atoms with Crippen molar-refractivity contribution in [1.82, 2.24) is 0 Å². The van der Waals surface area contributed by atoms with Crippen molar-refractivity contribution in [3.63, 3.8) is 0 Å². The first-order valence-corrected chi connectivity index (χ1v) is 11.7. The number of nitro groups is 2. The van der Waals surface area contributed by atoms with Gasteiger partial charge in [-0.25, -0.2) is 8.42 Å². The fraction of sp³-hybridized carbons (Fsp3) is 0.136. The van der Waals surface area contributed by atoms with Crippen LogP contribution in [0.5, 0.6) is 0 Å². The van der Waals surface area contributed by atoms with Gasteiger partial charge in [0.1, 0.15) is 0 Å². The van der Waals surface area contributed by atoms with Gasteiger partial charge >= 0.3 is 12.4 Å². The fourth-order valence-corrected chi connectivity index (χ4v) is 4.74. The molecule has 0 saturated heterocycles. The number of nitro benzene ring substituents is 2. The van der Waals surface area contributed by atoms with Crippen LogP contribution in [0.15, 0.2) is 77.7 Å². The molecule has 0 bridgehead atoms. The molecule has 17 heteroatoms. The van der Waals surface area contributed by atoms with Gasteiger partial charge in [-0.05, 0) is 35.9 Å². The standard InChI is InChI=1S/C22H13F6N3O7S/c23-21(24,25)20(22(26,27)28,19(32)17-11-10-15(30(33)34)12-18(17)31(35)36)13-6-8-14(9-7-13)29-39(37,38)16-4-2-1-3-5-16/h1-12,29H. The molecule has 0 radical (unpaired) electrons. The molecule has 3 aromatic carbocycles. The summed E-state index contributed by atoms with van der Waals surface area (Å²) >= 11 is 0. The Bertz CT molecular complexity index is 1530. The molecule has 206 valence electrons. The van der Waals surface area contributed by atoms with Gasteiger partial charge in [-0.1, -0.05) is 30.3 Å². The number of anilines is 1. The molecule has 39 heavy (non-hydrogen) atoms. The van der Waals surface area contributed by atoms with E-state index < -0.39 is 71.6 Å². The molecule has 3 rings (SSSR count). The number of benzene rings is 3. The summed E-state index contributed by atoms with van der Waals surface area (Å²) in [6.07, 6.45) is -12.9. The van der Waals surface area contributed by atoms with Gasteiger partial charge in [0.25, 0.3) is 21.4 Å². The first kappa shape index (κ1) is 29.0. The van der Waals surface area contributed by atoms with Crippen LogP contribution in [0.1, 0.15) is 15.9 Å². The van der Waals surface area contributed by atoms with Gasteiger partial charge in [0.2, 0.25) is 5.41 Å². The summed E-state index contributed by atoms with van der Waals surface area (Å²) < 4.78 is 113. The van der Waals surface area contributed by atoms with Crippen molar-refractivity contribution < 1.29 is 49.4 Å². The first-order chi connectivity index (χ1) is 17.9. The SMILES string of the molecule is O=C(c1ccc([N+](=O)[O-])cc1[N+](=O)[O-])C(c1ccc(NS(=O)(=O)c2ccccc2)cc1)(C(F)(F)F)C(F)(F)F. The zero-order valence-corrected chi connectivity index (χ0v) is 19.7. The van der Waals surface area contributed by atoms with Crippen LogP contribution in [0.25, 0.3) is 0 Å². The highest BCUT2D eigenvalue weighted by Gasteiger charge is 2.76. The monoisotopic (exact) mass is 577 g/mol. The van der Waals surface area contributed by atoms with E-state index in [-0.39, 0.29) is 29.2 Å². The molecule has 0 unspecified atom stereocenters. The van der Waals surface area contributed by atoms with Crippen molar-refractivity contribution in [2.75, 3.05) is 4.72 Å². The van der Waals surface area contributed by atoms with Crippen molar-refractivity contribution in [1.29, 1.82) is 0 Å². The number of non-ortho nitro benzene ring substituents is 1. The van der Waals surface area contributed by atoms with Gasteiger partial charge in [0.05, 0.1) is 26.4 Å². The maximum atomic E-state index is 14.3. The average molecular weight is 577 g/mol. The molecule has 0 atom stereocenters. The van der Waals surface area contributed by atoms with Crippen LogP contribution in [-0.4, -0.2) is 36.4 Å². The number of rotatable bonds is 8. The Morgan fingerprint density at radius 3 is 1.77 bits per heavy atom. The molecule has 1 N–H and O–H groups in total. The Morgan fingerprint density at radius 2 is 1.31 bits per heavy atom. The minimum atomic E-state index is -6.43. The summed E-state index contributed by atoms with van der Waals surface area (Å²) in [5.41, 5.74) is -12.0. The van der Waals surface area contributed by atoms with Crippen LogP contribution in [0.3, 0.4) is 0 Å². The summed E-state index contributed by atoms with van der Waals surface area (Å²) in [6.45, 7) is 0. The zero-order valence-electron chi connectivity index (χ0n) is 18.9. The lowest BCUT2D eigenvalue weighted by atomic mass is 9.72. The van der Waals surface area contributed by atoms with Gasteiger partial charge in [0, 0.05) is 11.8 Å². The van der Waals surface area contributed by atoms with Crippen LogP contribution in [0.4, 0.5) is 43.4 Å². The van der Waals surface area contributed by atoms with E-state index in [4.69, 9.17) is 0 Å². The molecular formula is C22H13F6N3O7S. The molecule has 0 fully saturated rings. The lowest BCUT2D eigenvalue weighted by molar-refractivity contribution is -0.394. The minimum Gasteiger partial charge on any atom is -0.292 e. The lowest BCUT2D eigenvalue weighted by Crippen LogP contribution is -2.59. The van der Waals surface area contributed by atoms with Crippen LogP contribution in [-0.2, 0) is 15.4 Å². The number of Topliss-reactive ketones (excluding diaryl/α,β-unsaturated/α-hetero) is 1. The molecule has 0 aliphatic heterocycles. The van der Waals surface area contributed by atoms with Crippen molar-refractivity contribution in [3.05, 3.63) is 104 Å². The predicted octanol–water partition coefficient (Wildman–Crippen LogP) is 5.55. The number of carbonyl (C=O) groups excluding carboxylic acids is 1. The third-order valence-corrected chi connectivity index (χ3v) is 6.85. The number of ketones is 1. The number of nitrogens with zero attached hydrogens (tertiary/aromatic N) is 2. The van der Waals surface area contributed by atoms with E-state index in [0.29, 0.717) is 18.2 Å². The number of alkyl halides is 6. The van der Waals surface area contributed by atoms with Crippen molar-refractivity contribution in [2.24, 2.45) is 0 Å². The second kappa shape index (κ2) is 9.97. The highest BCUT2D eigenvalue weighted by atomic mass is 32.2. The second-order valence-electron chi connectivity index (χ2n) is 7.79. The summed E-state index contributed by atoms with van der Waals surface area (Å²) in [4.78, 5) is 32.3. The van der Waals surface area contributed by atoms with Crippen molar-refractivity contribution in [2.45, 2.75) is 22.7 Å². The molecule has 0 saturated carbocycles. The largest absolute Gasteiger partial charge is 0.414 e. The molecule has 3 aromatic rings. The van der Waals surface area contributed by atoms with E-state index in [0.717, 1.165) is 0 Å². The highest BCUT2D eigenvalue weighted by Crippen LogP contribution is 2.54. The molecule has 0 aromatic heterocycles. The molecule has 0 heterocycles. The number of sulfonamides is 1. The van der Waals surface area contributed by atoms with E-state index in [2.05, 4.69) is 0 Å². The number of halogens is 6. The van der Waals surface area contributed by atoms with Crippen LogP contribution in [0.2, 0.25) is 0 Å². The zero-order chi connectivity index (χ0) is 29.4. The van der Waals surface area contributed by atoms with Crippen molar-refractivity contribution >= 4 is 32.9 Å². The van der Waals surface area contributed by atoms with Gasteiger partial charge in [-0.2, -0.15) is 26.3 Å². The average Bonchev–Trinajstić information content (AvgIpc) is 2.83. The molecule has 0 aliphatic carbocycles. The molecule has 0 aliphatic rings. The molecule has 10 nitrogen and oxygen atoms in total. The topological polar surface area (TPSA) is 150 Å². The smallest absolute Gasteiger partial charge is 0.292 e. The Morgan fingerprint density at radius 1 is 0.769 bits per heavy atom. The van der Waals surface area contributed by atoms with E-state index >= 15 is 0 Å². The quantitative estimate of drug-likeness (QED) is 0.160. The Kier molecular flexibility index (Phi) is 7.42. The number of nitrogens with one attached hydrogen (secondary N) is 1. The molecule has 0 amide bonds. The molecular weight excluding hydrogens is 564 g/mol. The number of hydrogen-bond acceptors (Lipinski definition) is 7. The van der Waals surface area contributed by atoms with Gasteiger partial charge in [-0.3, -0.25) is 29.7 Å². The summed E-state index contributed by atoms with van der Waals surface area (Å²) in [6, 6.07) is 8.57. The van der Waals surface area contributed by atoms with Gasteiger partial charge in [-0.15, -0.1) is 0 Å². The van der Waals surface area contributed by atoms with E-state index in [9.17, 15) is 59.8 Å². The second-order valence-corrected chi connectivity index (χ2v) is 9.47. The van der Waals surface area contributed by atoms with Crippen LogP contribution in [0, 0.1) is 20.2 Å². The number of carbonyl (C=O) groups is 1. The van der Waals surface area contributed by atoms with E-state index in [1.54, 1.807) is 0 Å². The normalized spacial score (nSPS) is 12.6. The lowest BCUT2D eigenvalue weighted by Gasteiger charge is -2.36. The van der Waals surface area contributed by atoms with Crippen LogP contribution < -0.4 is 4.72 Å². The highest BCUT2D eigenvalue weighted by molar-refractivity contribution is 7.92. The third kappa shape index (κ3) is 5.25. The van der Waals surface area contributed by atoms with Gasteiger partial charge in [0.15, 0.2) is 5.78 Å². The van der Waals surface area contributed by atoms with E-state index in [1.165, 1.54) is 30.3 Å². The van der Waals surface area contributed by atoms with Crippen LogP contribution >= 0.6 is 0 Å². The maximum absolute atomic E-state index is 14.3. The Labute approximate surface area is 214 Å². The van der Waals surface area contributed by atoms with Crippen molar-refractivity contribution in [3.8, 4) is 0 Å². The third-order valence-electron chi connectivity index (χ3n) is 5.45. The molecule has 0 spiro atoms. The van der Waals surface area contributed by atoms with E-state index in [1.807, 2.05) is 4.72 Å². The summed E-state index contributed by atoms with van der Waals surface area (Å²) in [5, 5.41) is 22.3. The Hall–Kier alpha value is -4.54. The first-order valence-electron chi connectivity index (χ1n) is 10.2. The predicted molar refractivity (Wildman–Crippen MR) is 122 cm³/mol. The summed E-state index contributed by atoms with van der Waals surface area (Å²) in [5.74, 6) is -2.82. The Balaban J connectivity index is 2.20.